The molecule has 0 aromatic heterocycles. The molecule has 0 amide bonds. The maximum atomic E-state index is 5.78. The molecule has 5 nitrogen and oxygen atoms in total. The molecule has 0 atom stereocenters. The van der Waals surface area contributed by atoms with Crippen LogP contribution in [0, 0.1) is 0 Å². The molecule has 0 saturated carbocycles. The van der Waals surface area contributed by atoms with Crippen molar-refractivity contribution in [2.24, 2.45) is 0 Å². The molecule has 1 N–H and O–H groups in total. The van der Waals surface area contributed by atoms with Crippen molar-refractivity contribution in [3.63, 3.8) is 0 Å². The van der Waals surface area contributed by atoms with Gasteiger partial charge in [-0.25, -0.2) is 0 Å². The van der Waals surface area contributed by atoms with E-state index in [1.54, 1.807) is 7.11 Å². The summed E-state index contributed by atoms with van der Waals surface area (Å²) in [5.74, 6) is 1.68. The molecule has 0 aliphatic heterocycles. The fraction of sp³-hybridized carbons (Fsp3) is 0.400. The van der Waals surface area contributed by atoms with E-state index in [0.717, 1.165) is 17.2 Å². The highest BCUT2D eigenvalue weighted by molar-refractivity contribution is 5.56. The molecule has 2 aromatic rings. The van der Waals surface area contributed by atoms with Crippen LogP contribution in [-0.4, -0.2) is 40.1 Å². The van der Waals surface area contributed by atoms with Crippen LogP contribution in [0.2, 0.25) is 0 Å². The van der Waals surface area contributed by atoms with Crippen LogP contribution in [-0.2, 0) is 16.0 Å². The molecule has 25 heavy (non-hydrogen) atoms. The first-order chi connectivity index (χ1) is 12.3. The Morgan fingerprint density at radius 3 is 2.36 bits per heavy atom. The van der Waals surface area contributed by atoms with Gasteiger partial charge in [0.05, 0.1) is 18.9 Å². The summed E-state index contributed by atoms with van der Waals surface area (Å²) in [6.45, 7) is 5.67. The molecule has 2 rings (SSSR count). The number of para-hydroxylation sites is 2. The van der Waals surface area contributed by atoms with Crippen LogP contribution < -0.4 is 14.8 Å². The zero-order valence-electron chi connectivity index (χ0n) is 15.0. The summed E-state index contributed by atoms with van der Waals surface area (Å²) < 4.78 is 21.6. The fourth-order valence-corrected chi connectivity index (χ4v) is 2.24. The van der Waals surface area contributed by atoms with Crippen molar-refractivity contribution in [3.8, 4) is 11.5 Å². The van der Waals surface area contributed by atoms with E-state index >= 15 is 0 Å². The standard InChI is InChI=1S/C20H27NO4/c1-3-23-13-15-25-20-7-5-4-6-19(20)21-16-17-8-10-18(11-9-17)24-14-12-22-2/h4-11,21H,3,12-16H2,1-2H3. The minimum atomic E-state index is 0.542. The maximum Gasteiger partial charge on any atom is 0.142 e. The first-order valence-electron chi connectivity index (χ1n) is 8.57. The monoisotopic (exact) mass is 345 g/mol. The average molecular weight is 345 g/mol. The Bertz CT molecular complexity index is 601. The Morgan fingerprint density at radius 1 is 0.840 bits per heavy atom. The molecule has 0 aliphatic rings. The van der Waals surface area contributed by atoms with E-state index in [-0.39, 0.29) is 0 Å². The van der Waals surface area contributed by atoms with E-state index in [1.165, 1.54) is 5.56 Å². The van der Waals surface area contributed by atoms with Crippen molar-refractivity contribution in [1.29, 1.82) is 0 Å². The number of benzene rings is 2. The lowest BCUT2D eigenvalue weighted by Gasteiger charge is -2.13. The highest BCUT2D eigenvalue weighted by atomic mass is 16.5. The first kappa shape index (κ1) is 19.1. The lowest BCUT2D eigenvalue weighted by atomic mass is 10.2. The van der Waals surface area contributed by atoms with Gasteiger partial charge in [-0.3, -0.25) is 0 Å². The normalized spacial score (nSPS) is 10.5. The number of hydrogen-bond acceptors (Lipinski definition) is 5. The summed E-state index contributed by atoms with van der Waals surface area (Å²) >= 11 is 0. The predicted molar refractivity (Wildman–Crippen MR) is 99.6 cm³/mol. The quantitative estimate of drug-likeness (QED) is 0.594. The van der Waals surface area contributed by atoms with Crippen LogP contribution >= 0.6 is 0 Å². The van der Waals surface area contributed by atoms with Gasteiger partial charge in [0, 0.05) is 20.3 Å². The predicted octanol–water partition coefficient (Wildman–Crippen LogP) is 3.74. The molecule has 0 radical (unpaired) electrons. The van der Waals surface area contributed by atoms with Crippen molar-refractivity contribution >= 4 is 5.69 Å². The molecule has 0 aliphatic carbocycles. The van der Waals surface area contributed by atoms with Crippen LogP contribution in [0.5, 0.6) is 11.5 Å². The molecule has 0 fully saturated rings. The number of anilines is 1. The van der Waals surface area contributed by atoms with Crippen molar-refractivity contribution < 1.29 is 18.9 Å². The van der Waals surface area contributed by atoms with Gasteiger partial charge >= 0.3 is 0 Å². The molecular formula is C20H27NO4. The second-order valence-electron chi connectivity index (χ2n) is 5.38. The zero-order chi connectivity index (χ0) is 17.7. The summed E-state index contributed by atoms with van der Waals surface area (Å²) in [5, 5.41) is 3.42. The smallest absolute Gasteiger partial charge is 0.142 e. The SMILES string of the molecule is CCOCCOc1ccccc1NCc1ccc(OCCOC)cc1. The highest BCUT2D eigenvalue weighted by Crippen LogP contribution is 2.24. The minimum absolute atomic E-state index is 0.542. The average Bonchev–Trinajstić information content (AvgIpc) is 2.65. The van der Waals surface area contributed by atoms with Crippen LogP contribution in [0.1, 0.15) is 12.5 Å². The third-order valence-electron chi connectivity index (χ3n) is 3.54. The van der Waals surface area contributed by atoms with Gasteiger partial charge in [-0.05, 0) is 36.8 Å². The largest absolute Gasteiger partial charge is 0.491 e. The Labute approximate surface area is 149 Å². The number of rotatable bonds is 12. The number of hydrogen-bond donors (Lipinski definition) is 1. The molecule has 136 valence electrons. The van der Waals surface area contributed by atoms with Gasteiger partial charge in [-0.15, -0.1) is 0 Å². The van der Waals surface area contributed by atoms with E-state index < -0.39 is 0 Å². The number of nitrogens with one attached hydrogen (secondary N) is 1. The lowest BCUT2D eigenvalue weighted by molar-refractivity contribution is 0.110. The van der Waals surface area contributed by atoms with Crippen LogP contribution in [0.15, 0.2) is 48.5 Å². The molecular weight excluding hydrogens is 318 g/mol. The maximum absolute atomic E-state index is 5.78. The third-order valence-corrected chi connectivity index (χ3v) is 3.54. The van der Waals surface area contributed by atoms with Gasteiger partial charge in [0.2, 0.25) is 0 Å². The van der Waals surface area contributed by atoms with E-state index in [2.05, 4.69) is 5.32 Å². The van der Waals surface area contributed by atoms with Gasteiger partial charge in [0.15, 0.2) is 0 Å². The fourth-order valence-electron chi connectivity index (χ4n) is 2.24. The van der Waals surface area contributed by atoms with Gasteiger partial charge in [-0.1, -0.05) is 24.3 Å². The molecule has 0 unspecified atom stereocenters. The van der Waals surface area contributed by atoms with E-state index in [0.29, 0.717) is 39.6 Å². The minimum Gasteiger partial charge on any atom is -0.491 e. The first-order valence-corrected chi connectivity index (χ1v) is 8.57. The van der Waals surface area contributed by atoms with E-state index in [1.807, 2.05) is 55.5 Å². The Hall–Kier alpha value is -2.24. The van der Waals surface area contributed by atoms with Crippen molar-refractivity contribution in [3.05, 3.63) is 54.1 Å². The van der Waals surface area contributed by atoms with Gasteiger partial charge in [0.1, 0.15) is 24.7 Å². The van der Waals surface area contributed by atoms with Gasteiger partial charge in [0.25, 0.3) is 0 Å². The summed E-state index contributed by atoms with van der Waals surface area (Å²) in [5.41, 5.74) is 2.14. The molecule has 5 heteroatoms. The lowest BCUT2D eigenvalue weighted by Crippen LogP contribution is -2.08. The molecule has 0 saturated heterocycles. The Morgan fingerprint density at radius 2 is 1.60 bits per heavy atom. The topological polar surface area (TPSA) is 49.0 Å². The van der Waals surface area contributed by atoms with Crippen LogP contribution in [0.4, 0.5) is 5.69 Å². The second kappa shape index (κ2) is 11.3. The van der Waals surface area contributed by atoms with E-state index in [4.69, 9.17) is 18.9 Å². The van der Waals surface area contributed by atoms with E-state index in [9.17, 15) is 0 Å². The van der Waals surface area contributed by atoms with Crippen LogP contribution in [0.25, 0.3) is 0 Å². The second-order valence-corrected chi connectivity index (χ2v) is 5.38. The van der Waals surface area contributed by atoms with Gasteiger partial charge in [-0.2, -0.15) is 0 Å². The van der Waals surface area contributed by atoms with Crippen molar-refractivity contribution in [2.45, 2.75) is 13.5 Å². The summed E-state index contributed by atoms with van der Waals surface area (Å²) in [6, 6.07) is 16.0. The van der Waals surface area contributed by atoms with Crippen LogP contribution in [0.3, 0.4) is 0 Å². The Kier molecular flexibility index (Phi) is 8.66. The summed E-state index contributed by atoms with van der Waals surface area (Å²) in [7, 11) is 1.66. The van der Waals surface area contributed by atoms with Crippen molar-refractivity contribution in [2.75, 3.05) is 45.5 Å². The summed E-state index contributed by atoms with van der Waals surface area (Å²) in [4.78, 5) is 0. The summed E-state index contributed by atoms with van der Waals surface area (Å²) in [6.07, 6.45) is 0. The highest BCUT2D eigenvalue weighted by Gasteiger charge is 2.03. The molecule has 0 heterocycles. The van der Waals surface area contributed by atoms with Gasteiger partial charge < -0.3 is 24.3 Å². The number of ether oxygens (including phenoxy) is 4. The Balaban J connectivity index is 1.84. The molecule has 2 aromatic carbocycles. The van der Waals surface area contributed by atoms with Crippen molar-refractivity contribution in [1.82, 2.24) is 0 Å². The zero-order valence-corrected chi connectivity index (χ0v) is 15.0. The third kappa shape index (κ3) is 7.03. The molecule has 0 spiro atoms. The molecule has 0 bridgehead atoms. The number of methoxy groups -OCH3 is 1.